The van der Waals surface area contributed by atoms with Crippen LogP contribution in [0.5, 0.6) is 5.75 Å². The van der Waals surface area contributed by atoms with E-state index in [2.05, 4.69) is 4.99 Å². The van der Waals surface area contributed by atoms with E-state index in [1.807, 2.05) is 0 Å². The van der Waals surface area contributed by atoms with Gasteiger partial charge in [0.2, 0.25) is 0 Å². The van der Waals surface area contributed by atoms with Crippen LogP contribution in [0, 0.1) is 5.82 Å². The molecule has 0 atom stereocenters. The molecule has 3 rings (SSSR count). The van der Waals surface area contributed by atoms with Crippen molar-refractivity contribution in [3.05, 3.63) is 64.3 Å². The lowest BCUT2D eigenvalue weighted by Crippen LogP contribution is -2.23. The third kappa shape index (κ3) is 3.60. The monoisotopic (exact) mass is 372 g/mol. The summed E-state index contributed by atoms with van der Waals surface area (Å²) >= 11 is 1.08. The number of likely N-dealkylation sites (N-methyl/N-ethyl adjacent to an activating group) is 1. The third-order valence-corrected chi connectivity index (χ3v) is 4.66. The van der Waals surface area contributed by atoms with Crippen LogP contribution in [-0.2, 0) is 4.79 Å². The van der Waals surface area contributed by atoms with E-state index in [1.165, 1.54) is 36.2 Å². The van der Waals surface area contributed by atoms with Crippen molar-refractivity contribution < 1.29 is 24.2 Å². The van der Waals surface area contributed by atoms with Gasteiger partial charge in [-0.2, -0.15) is 0 Å². The third-order valence-electron chi connectivity index (χ3n) is 3.60. The van der Waals surface area contributed by atoms with E-state index in [1.54, 1.807) is 18.2 Å². The molecular formula is C18H13FN2O4S. The highest BCUT2D eigenvalue weighted by molar-refractivity contribution is 8.18. The number of aromatic hydroxyl groups is 1. The van der Waals surface area contributed by atoms with Crippen molar-refractivity contribution in [2.24, 2.45) is 4.99 Å². The van der Waals surface area contributed by atoms with Gasteiger partial charge >= 0.3 is 5.97 Å². The lowest BCUT2D eigenvalue weighted by atomic mass is 10.2. The summed E-state index contributed by atoms with van der Waals surface area (Å²) in [6.07, 6.45) is 1.61. The molecule has 0 aromatic heterocycles. The van der Waals surface area contributed by atoms with E-state index >= 15 is 0 Å². The molecule has 0 bridgehead atoms. The number of amidine groups is 1. The Labute approximate surface area is 152 Å². The molecule has 6 nitrogen and oxygen atoms in total. The van der Waals surface area contributed by atoms with Gasteiger partial charge in [0.25, 0.3) is 5.91 Å². The van der Waals surface area contributed by atoms with Gasteiger partial charge in [-0.1, -0.05) is 12.1 Å². The van der Waals surface area contributed by atoms with Crippen molar-refractivity contribution in [3.8, 4) is 5.75 Å². The second-order valence-electron chi connectivity index (χ2n) is 5.43. The summed E-state index contributed by atoms with van der Waals surface area (Å²) in [5.74, 6) is -2.09. The molecule has 8 heteroatoms. The first-order valence-corrected chi connectivity index (χ1v) is 8.25. The summed E-state index contributed by atoms with van der Waals surface area (Å²) < 4.78 is 13.0. The van der Waals surface area contributed by atoms with Crippen molar-refractivity contribution in [2.75, 3.05) is 7.05 Å². The molecule has 1 saturated heterocycles. The van der Waals surface area contributed by atoms with E-state index in [4.69, 9.17) is 0 Å². The predicted molar refractivity (Wildman–Crippen MR) is 96.9 cm³/mol. The maximum atomic E-state index is 13.0. The van der Waals surface area contributed by atoms with Crippen LogP contribution in [-0.4, -0.2) is 39.2 Å². The van der Waals surface area contributed by atoms with Crippen LogP contribution < -0.4 is 0 Å². The number of amides is 1. The minimum absolute atomic E-state index is 0.125. The van der Waals surface area contributed by atoms with Gasteiger partial charge < -0.3 is 10.2 Å². The Kier molecular flexibility index (Phi) is 4.77. The molecule has 0 radical (unpaired) electrons. The second-order valence-corrected chi connectivity index (χ2v) is 6.44. The van der Waals surface area contributed by atoms with Crippen molar-refractivity contribution in [1.82, 2.24) is 4.90 Å². The Balaban J connectivity index is 1.95. The fourth-order valence-corrected chi connectivity index (χ4v) is 3.24. The second kappa shape index (κ2) is 7.01. The van der Waals surface area contributed by atoms with E-state index in [9.17, 15) is 24.2 Å². The maximum Gasteiger partial charge on any atom is 0.338 e. The number of aliphatic imine (C=N–C) groups is 1. The highest BCUT2D eigenvalue weighted by atomic mass is 32.2. The Morgan fingerprint density at radius 1 is 1.23 bits per heavy atom. The van der Waals surface area contributed by atoms with Crippen LogP contribution in [0.4, 0.5) is 10.1 Å². The number of thioether (sulfide) groups is 1. The number of hydrogen-bond donors (Lipinski definition) is 2. The Hall–Kier alpha value is -3.13. The van der Waals surface area contributed by atoms with Gasteiger partial charge in [0.1, 0.15) is 11.6 Å². The van der Waals surface area contributed by atoms with E-state index < -0.39 is 5.97 Å². The average Bonchev–Trinajstić information content (AvgIpc) is 2.86. The minimum atomic E-state index is -1.24. The number of carbonyl (C=O) groups excluding carboxylic acids is 1. The van der Waals surface area contributed by atoms with E-state index in [0.29, 0.717) is 15.6 Å². The van der Waals surface area contributed by atoms with Gasteiger partial charge in [0.05, 0.1) is 16.2 Å². The summed E-state index contributed by atoms with van der Waals surface area (Å²) in [5.41, 5.74) is 0.614. The molecule has 0 unspecified atom stereocenters. The molecule has 1 aliphatic rings. The van der Waals surface area contributed by atoms with Crippen LogP contribution in [0.25, 0.3) is 6.08 Å². The summed E-state index contributed by atoms with van der Waals surface area (Å²) in [4.78, 5) is 29.6. The molecule has 132 valence electrons. The topological polar surface area (TPSA) is 90.2 Å². The first kappa shape index (κ1) is 17.7. The zero-order valence-electron chi connectivity index (χ0n) is 13.5. The largest absolute Gasteiger partial charge is 0.508 e. The van der Waals surface area contributed by atoms with Crippen LogP contribution >= 0.6 is 11.8 Å². The fraction of sp³-hybridized carbons (Fsp3) is 0.0556. The molecular weight excluding hydrogens is 359 g/mol. The molecule has 0 aliphatic carbocycles. The van der Waals surface area contributed by atoms with Gasteiger partial charge in [-0.3, -0.25) is 9.69 Å². The molecule has 2 aromatic carbocycles. The zero-order valence-corrected chi connectivity index (χ0v) is 14.3. The summed E-state index contributed by atoms with van der Waals surface area (Å²) in [5, 5.41) is 19.0. The number of aromatic carboxylic acids is 1. The molecule has 1 amide bonds. The van der Waals surface area contributed by atoms with Crippen LogP contribution in [0.2, 0.25) is 0 Å². The average molecular weight is 372 g/mol. The number of carbonyl (C=O) groups is 2. The van der Waals surface area contributed by atoms with Gasteiger partial charge in [-0.25, -0.2) is 14.2 Å². The van der Waals surface area contributed by atoms with E-state index in [-0.39, 0.29) is 28.7 Å². The molecule has 0 spiro atoms. The van der Waals surface area contributed by atoms with Crippen molar-refractivity contribution in [3.63, 3.8) is 0 Å². The summed E-state index contributed by atoms with van der Waals surface area (Å²) in [6, 6.07) is 9.48. The molecule has 2 N–H and O–H groups in total. The molecule has 0 saturated carbocycles. The number of rotatable bonds is 3. The number of hydrogen-bond acceptors (Lipinski definition) is 5. The Morgan fingerprint density at radius 3 is 2.58 bits per heavy atom. The summed E-state index contributed by atoms with van der Waals surface area (Å²) in [7, 11) is 1.53. The van der Waals surface area contributed by atoms with Crippen LogP contribution in [0.1, 0.15) is 15.9 Å². The first-order chi connectivity index (χ1) is 12.3. The predicted octanol–water partition coefficient (Wildman–Crippen LogP) is 3.46. The molecule has 1 fully saturated rings. The maximum absolute atomic E-state index is 13.0. The standard InChI is InChI=1S/C18H13FN2O4S/c1-21-16(23)15(8-10-2-4-11(19)5-3-10)26-18(21)20-14-7-6-12(22)9-13(14)17(24)25/h2-9,22H,1H3,(H,24,25)/b15-8-,20-18?. The highest BCUT2D eigenvalue weighted by Gasteiger charge is 2.30. The van der Waals surface area contributed by atoms with E-state index in [0.717, 1.165) is 17.8 Å². The minimum Gasteiger partial charge on any atom is -0.508 e. The Bertz CT molecular complexity index is 954. The lowest BCUT2D eigenvalue weighted by molar-refractivity contribution is -0.121. The van der Waals surface area contributed by atoms with Gasteiger partial charge in [-0.05, 0) is 53.7 Å². The SMILES string of the molecule is CN1C(=O)/C(=C/c2ccc(F)cc2)SC1=Nc1ccc(O)cc1C(=O)O. The quantitative estimate of drug-likeness (QED) is 0.806. The van der Waals surface area contributed by atoms with Gasteiger partial charge in [-0.15, -0.1) is 0 Å². The van der Waals surface area contributed by atoms with Crippen LogP contribution in [0.15, 0.2) is 52.4 Å². The zero-order chi connectivity index (χ0) is 18.8. The molecule has 2 aromatic rings. The number of benzene rings is 2. The Morgan fingerprint density at radius 2 is 1.92 bits per heavy atom. The molecule has 1 heterocycles. The number of phenolic OH excluding ortho intramolecular Hbond substituents is 1. The normalized spacial score (nSPS) is 17.3. The molecule has 1 aliphatic heterocycles. The number of phenols is 1. The number of carboxylic acid groups (broad SMARTS) is 1. The fourth-order valence-electron chi connectivity index (χ4n) is 2.26. The summed E-state index contributed by atoms with van der Waals surface area (Å²) in [6.45, 7) is 0. The van der Waals surface area contributed by atoms with Crippen molar-refractivity contribution in [2.45, 2.75) is 0 Å². The number of carboxylic acids is 1. The number of nitrogens with zero attached hydrogens (tertiary/aromatic N) is 2. The first-order valence-electron chi connectivity index (χ1n) is 7.43. The van der Waals surface area contributed by atoms with Gasteiger partial charge in [0, 0.05) is 7.05 Å². The van der Waals surface area contributed by atoms with Crippen molar-refractivity contribution in [1.29, 1.82) is 0 Å². The molecule has 26 heavy (non-hydrogen) atoms. The van der Waals surface area contributed by atoms with Gasteiger partial charge in [0.15, 0.2) is 5.17 Å². The highest BCUT2D eigenvalue weighted by Crippen LogP contribution is 2.34. The lowest BCUT2D eigenvalue weighted by Gasteiger charge is -2.08. The smallest absolute Gasteiger partial charge is 0.338 e. The van der Waals surface area contributed by atoms with Crippen LogP contribution in [0.3, 0.4) is 0 Å². The van der Waals surface area contributed by atoms with Crippen molar-refractivity contribution >= 4 is 40.6 Å². The number of halogens is 1.